The predicted molar refractivity (Wildman–Crippen MR) is 63.8 cm³/mol. The fourth-order valence-corrected chi connectivity index (χ4v) is 1.62. The Morgan fingerprint density at radius 3 is 2.41 bits per heavy atom. The fraction of sp³-hybridized carbons (Fsp3) is 0. The second kappa shape index (κ2) is 4.62. The summed E-state index contributed by atoms with van der Waals surface area (Å²) in [5.74, 6) is -1.26. The van der Waals surface area contributed by atoms with E-state index in [0.29, 0.717) is 4.60 Å². The Bertz CT molecular complexity index is 521. The van der Waals surface area contributed by atoms with Crippen LogP contribution in [0.25, 0.3) is 0 Å². The maximum Gasteiger partial charge on any atom is 0.230 e. The molecule has 0 bridgehead atoms. The summed E-state index contributed by atoms with van der Waals surface area (Å²) in [6.45, 7) is 0. The number of nitrogen functional groups attached to an aromatic ring is 1. The van der Waals surface area contributed by atoms with Gasteiger partial charge in [0.25, 0.3) is 0 Å². The lowest BCUT2D eigenvalue weighted by Crippen LogP contribution is -2.03. The van der Waals surface area contributed by atoms with Crippen LogP contribution in [0.4, 0.5) is 26.2 Å². The molecule has 88 valence electrons. The summed E-state index contributed by atoms with van der Waals surface area (Å²) in [6, 6.07) is 5.01. The van der Waals surface area contributed by atoms with Gasteiger partial charge in [-0.25, -0.2) is 13.8 Å². The molecule has 4 nitrogen and oxygen atoms in total. The maximum absolute atomic E-state index is 13.3. The number of benzene rings is 1. The van der Waals surface area contributed by atoms with Crippen LogP contribution < -0.4 is 11.1 Å². The molecule has 1 aromatic heterocycles. The highest BCUT2D eigenvalue weighted by Crippen LogP contribution is 2.22. The van der Waals surface area contributed by atoms with Crippen molar-refractivity contribution in [3.8, 4) is 0 Å². The van der Waals surface area contributed by atoms with Crippen molar-refractivity contribution in [3.63, 3.8) is 0 Å². The lowest BCUT2D eigenvalue weighted by molar-refractivity contribution is 0.590. The number of aromatic nitrogens is 2. The first-order valence-corrected chi connectivity index (χ1v) is 5.36. The molecule has 17 heavy (non-hydrogen) atoms. The number of hydrogen-bond acceptors (Lipinski definition) is 4. The van der Waals surface area contributed by atoms with Crippen LogP contribution in [0.15, 0.2) is 28.9 Å². The van der Waals surface area contributed by atoms with Gasteiger partial charge < -0.3 is 11.1 Å². The molecule has 0 saturated heterocycles. The van der Waals surface area contributed by atoms with Crippen molar-refractivity contribution in [1.29, 1.82) is 0 Å². The third kappa shape index (κ3) is 2.68. The minimum Gasteiger partial charge on any atom is -0.383 e. The fourth-order valence-electron chi connectivity index (χ4n) is 1.22. The normalized spacial score (nSPS) is 10.3. The van der Waals surface area contributed by atoms with E-state index in [-0.39, 0.29) is 17.5 Å². The highest BCUT2D eigenvalue weighted by molar-refractivity contribution is 9.10. The Hall–Kier alpha value is -1.76. The van der Waals surface area contributed by atoms with Crippen LogP contribution in [0.5, 0.6) is 0 Å². The van der Waals surface area contributed by atoms with Gasteiger partial charge in [0.1, 0.15) is 27.7 Å². The van der Waals surface area contributed by atoms with E-state index in [0.717, 1.165) is 12.1 Å². The molecule has 1 aromatic carbocycles. The summed E-state index contributed by atoms with van der Waals surface area (Å²) in [7, 11) is 0. The lowest BCUT2D eigenvalue weighted by atomic mass is 10.3. The zero-order valence-corrected chi connectivity index (χ0v) is 10.0. The van der Waals surface area contributed by atoms with Crippen molar-refractivity contribution >= 4 is 33.4 Å². The van der Waals surface area contributed by atoms with E-state index in [1.54, 1.807) is 0 Å². The Morgan fingerprint density at radius 2 is 1.82 bits per heavy atom. The minimum absolute atomic E-state index is 0.0147. The van der Waals surface area contributed by atoms with Gasteiger partial charge in [0.2, 0.25) is 5.95 Å². The lowest BCUT2D eigenvalue weighted by Gasteiger charge is -2.07. The van der Waals surface area contributed by atoms with Gasteiger partial charge in [-0.2, -0.15) is 4.98 Å². The quantitative estimate of drug-likeness (QED) is 0.837. The molecule has 0 fully saturated rings. The number of hydrogen-bond donors (Lipinski definition) is 2. The molecular formula is C10H7BrF2N4. The first-order chi connectivity index (χ1) is 8.06. The summed E-state index contributed by atoms with van der Waals surface area (Å²) in [5, 5.41) is 2.44. The van der Waals surface area contributed by atoms with Crippen LogP contribution in [-0.4, -0.2) is 9.97 Å². The van der Waals surface area contributed by atoms with Crippen molar-refractivity contribution < 1.29 is 8.78 Å². The van der Waals surface area contributed by atoms with Gasteiger partial charge in [0.05, 0.1) is 0 Å². The molecule has 7 heteroatoms. The summed E-state index contributed by atoms with van der Waals surface area (Å²) >= 11 is 3.10. The molecule has 2 rings (SSSR count). The molecule has 0 aliphatic heterocycles. The number of halogens is 3. The first-order valence-electron chi connectivity index (χ1n) is 4.57. The third-order valence-corrected chi connectivity index (χ3v) is 2.32. The Labute approximate surface area is 104 Å². The van der Waals surface area contributed by atoms with Crippen molar-refractivity contribution in [3.05, 3.63) is 40.5 Å². The number of nitrogens with two attached hydrogens (primary N) is 1. The highest BCUT2D eigenvalue weighted by atomic mass is 79.9. The van der Waals surface area contributed by atoms with E-state index in [9.17, 15) is 8.78 Å². The van der Waals surface area contributed by atoms with Crippen LogP contribution in [0.3, 0.4) is 0 Å². The Morgan fingerprint density at radius 1 is 1.18 bits per heavy atom. The van der Waals surface area contributed by atoms with Gasteiger partial charge in [0, 0.05) is 6.07 Å². The molecule has 0 spiro atoms. The van der Waals surface area contributed by atoms with Gasteiger partial charge >= 0.3 is 0 Å². The monoisotopic (exact) mass is 300 g/mol. The topological polar surface area (TPSA) is 63.8 Å². The van der Waals surface area contributed by atoms with Crippen molar-refractivity contribution in [2.24, 2.45) is 0 Å². The van der Waals surface area contributed by atoms with E-state index in [1.165, 1.54) is 12.1 Å². The molecule has 0 aliphatic rings. The van der Waals surface area contributed by atoms with E-state index in [1.807, 2.05) is 0 Å². The maximum atomic E-state index is 13.3. The van der Waals surface area contributed by atoms with E-state index < -0.39 is 11.6 Å². The summed E-state index contributed by atoms with van der Waals surface area (Å²) in [4.78, 5) is 7.70. The predicted octanol–water partition coefficient (Wildman–Crippen LogP) is 2.84. The molecule has 3 N–H and O–H groups in total. The van der Waals surface area contributed by atoms with Gasteiger partial charge in [0.15, 0.2) is 0 Å². The summed E-state index contributed by atoms with van der Waals surface area (Å²) < 4.78 is 27.1. The molecular weight excluding hydrogens is 294 g/mol. The van der Waals surface area contributed by atoms with E-state index >= 15 is 0 Å². The first kappa shape index (κ1) is 11.7. The van der Waals surface area contributed by atoms with Crippen LogP contribution in [0.2, 0.25) is 0 Å². The van der Waals surface area contributed by atoms with Crippen molar-refractivity contribution in [2.75, 3.05) is 11.1 Å². The van der Waals surface area contributed by atoms with Crippen LogP contribution in [0.1, 0.15) is 0 Å². The SMILES string of the molecule is Nc1cc(Br)nc(Nc2c(F)cccc2F)n1. The number of rotatable bonds is 2. The average molecular weight is 301 g/mol. The third-order valence-electron chi connectivity index (χ3n) is 1.91. The highest BCUT2D eigenvalue weighted by Gasteiger charge is 2.10. The standard InChI is InChI=1S/C10H7BrF2N4/c11-7-4-8(14)16-10(15-7)17-9-5(12)2-1-3-6(9)13/h1-4H,(H3,14,15,16,17). The van der Waals surface area contributed by atoms with Gasteiger partial charge in [-0.15, -0.1) is 0 Å². The van der Waals surface area contributed by atoms with Crippen LogP contribution in [0, 0.1) is 11.6 Å². The number of anilines is 3. The zero-order valence-electron chi connectivity index (χ0n) is 8.42. The molecule has 0 unspecified atom stereocenters. The second-order valence-electron chi connectivity index (χ2n) is 3.16. The number of nitrogens with zero attached hydrogens (tertiary/aromatic N) is 2. The van der Waals surface area contributed by atoms with Gasteiger partial charge in [-0.3, -0.25) is 0 Å². The van der Waals surface area contributed by atoms with E-state index in [4.69, 9.17) is 5.73 Å². The van der Waals surface area contributed by atoms with Gasteiger partial charge in [-0.1, -0.05) is 6.07 Å². The molecule has 0 atom stereocenters. The Kier molecular flexibility index (Phi) is 3.19. The summed E-state index contributed by atoms with van der Waals surface area (Å²) in [6.07, 6.45) is 0. The van der Waals surface area contributed by atoms with E-state index in [2.05, 4.69) is 31.2 Å². The van der Waals surface area contributed by atoms with Crippen molar-refractivity contribution in [1.82, 2.24) is 9.97 Å². The Balaban J connectivity index is 2.38. The second-order valence-corrected chi connectivity index (χ2v) is 3.97. The number of para-hydroxylation sites is 1. The molecule has 0 radical (unpaired) electrons. The smallest absolute Gasteiger partial charge is 0.230 e. The van der Waals surface area contributed by atoms with Gasteiger partial charge in [-0.05, 0) is 28.1 Å². The van der Waals surface area contributed by atoms with Crippen LogP contribution in [-0.2, 0) is 0 Å². The minimum atomic E-state index is -0.729. The van der Waals surface area contributed by atoms with Crippen molar-refractivity contribution in [2.45, 2.75) is 0 Å². The molecule has 2 aromatic rings. The average Bonchev–Trinajstić information content (AvgIpc) is 2.22. The number of nitrogens with one attached hydrogen (secondary N) is 1. The zero-order chi connectivity index (χ0) is 12.4. The summed E-state index contributed by atoms with van der Waals surface area (Å²) in [5.41, 5.74) is 5.17. The molecule has 0 aliphatic carbocycles. The van der Waals surface area contributed by atoms with Crippen LogP contribution >= 0.6 is 15.9 Å². The molecule has 0 amide bonds. The largest absolute Gasteiger partial charge is 0.383 e. The molecule has 1 heterocycles. The molecule has 0 saturated carbocycles.